The molecule has 1 heterocycles. The van der Waals surface area contributed by atoms with Gasteiger partial charge < -0.3 is 5.73 Å². The van der Waals surface area contributed by atoms with E-state index in [1.54, 1.807) is 18.5 Å². The summed E-state index contributed by atoms with van der Waals surface area (Å²) in [5, 5.41) is 0.965. The zero-order chi connectivity index (χ0) is 11.5. The van der Waals surface area contributed by atoms with Gasteiger partial charge in [0.2, 0.25) is 0 Å². The van der Waals surface area contributed by atoms with Crippen molar-refractivity contribution in [2.75, 3.05) is 0 Å². The van der Waals surface area contributed by atoms with Gasteiger partial charge in [0.25, 0.3) is 0 Å². The predicted octanol–water partition coefficient (Wildman–Crippen LogP) is 2.83. The molecule has 0 amide bonds. The van der Waals surface area contributed by atoms with Gasteiger partial charge in [-0.15, -0.1) is 0 Å². The Morgan fingerprint density at radius 1 is 1.12 bits per heavy atom. The van der Waals surface area contributed by atoms with E-state index in [9.17, 15) is 0 Å². The molecule has 16 heavy (non-hydrogen) atoms. The second kappa shape index (κ2) is 4.78. The SMILES string of the molecule is NC(c1cncnc1)c1cccc(Cl)c1Cl. The Labute approximate surface area is 103 Å². The number of nitrogens with zero attached hydrogens (tertiary/aromatic N) is 2. The van der Waals surface area contributed by atoms with E-state index in [1.165, 1.54) is 6.33 Å². The van der Waals surface area contributed by atoms with E-state index in [1.807, 2.05) is 12.1 Å². The molecule has 5 heteroatoms. The largest absolute Gasteiger partial charge is 0.320 e. The predicted molar refractivity (Wildman–Crippen MR) is 64.5 cm³/mol. The highest BCUT2D eigenvalue weighted by molar-refractivity contribution is 6.42. The quantitative estimate of drug-likeness (QED) is 0.896. The summed E-state index contributed by atoms with van der Waals surface area (Å²) in [6.45, 7) is 0. The van der Waals surface area contributed by atoms with Crippen molar-refractivity contribution in [2.45, 2.75) is 6.04 Å². The molecule has 1 atom stereocenters. The summed E-state index contributed by atoms with van der Waals surface area (Å²) >= 11 is 12.0. The van der Waals surface area contributed by atoms with Crippen molar-refractivity contribution in [1.82, 2.24) is 9.97 Å². The molecule has 0 spiro atoms. The third-order valence-electron chi connectivity index (χ3n) is 2.26. The zero-order valence-corrected chi connectivity index (χ0v) is 9.78. The Kier molecular flexibility index (Phi) is 3.39. The first-order chi connectivity index (χ1) is 7.70. The van der Waals surface area contributed by atoms with Crippen molar-refractivity contribution in [3.05, 3.63) is 58.1 Å². The molecular formula is C11H9Cl2N3. The number of hydrogen-bond acceptors (Lipinski definition) is 3. The van der Waals surface area contributed by atoms with E-state index in [0.29, 0.717) is 10.0 Å². The van der Waals surface area contributed by atoms with Crippen LogP contribution in [0.2, 0.25) is 10.0 Å². The van der Waals surface area contributed by atoms with Crippen LogP contribution in [0.5, 0.6) is 0 Å². The average molecular weight is 254 g/mol. The molecule has 3 nitrogen and oxygen atoms in total. The Morgan fingerprint density at radius 3 is 2.50 bits per heavy atom. The topological polar surface area (TPSA) is 51.8 Å². The van der Waals surface area contributed by atoms with Crippen LogP contribution in [-0.4, -0.2) is 9.97 Å². The lowest BCUT2D eigenvalue weighted by atomic mass is 10.0. The summed E-state index contributed by atoms with van der Waals surface area (Å²) in [7, 11) is 0. The molecule has 0 aliphatic heterocycles. The number of hydrogen-bond donors (Lipinski definition) is 1. The van der Waals surface area contributed by atoms with Gasteiger partial charge in [0, 0.05) is 18.0 Å². The van der Waals surface area contributed by atoms with Crippen molar-refractivity contribution in [2.24, 2.45) is 5.73 Å². The van der Waals surface area contributed by atoms with E-state index >= 15 is 0 Å². The molecule has 1 aromatic heterocycles. The summed E-state index contributed by atoms with van der Waals surface area (Å²) in [4.78, 5) is 7.83. The third kappa shape index (κ3) is 2.16. The summed E-state index contributed by atoms with van der Waals surface area (Å²) < 4.78 is 0. The number of aromatic nitrogens is 2. The van der Waals surface area contributed by atoms with E-state index in [0.717, 1.165) is 11.1 Å². The second-order valence-corrected chi connectivity index (χ2v) is 4.08. The van der Waals surface area contributed by atoms with Gasteiger partial charge in [-0.2, -0.15) is 0 Å². The fraction of sp³-hybridized carbons (Fsp3) is 0.0909. The molecule has 0 fully saturated rings. The van der Waals surface area contributed by atoms with Crippen LogP contribution in [0.25, 0.3) is 0 Å². The third-order valence-corrected chi connectivity index (χ3v) is 3.09. The lowest BCUT2D eigenvalue weighted by molar-refractivity contribution is 0.851. The summed E-state index contributed by atoms with van der Waals surface area (Å²) in [6.07, 6.45) is 4.78. The molecule has 0 radical (unpaired) electrons. The van der Waals surface area contributed by atoms with E-state index in [-0.39, 0.29) is 6.04 Å². The smallest absolute Gasteiger partial charge is 0.115 e. The molecule has 1 aromatic carbocycles. The Bertz CT molecular complexity index is 488. The fourth-order valence-electron chi connectivity index (χ4n) is 1.41. The zero-order valence-electron chi connectivity index (χ0n) is 8.27. The number of rotatable bonds is 2. The van der Waals surface area contributed by atoms with E-state index in [2.05, 4.69) is 9.97 Å². The standard InChI is InChI=1S/C11H9Cl2N3/c12-9-3-1-2-8(10(9)13)11(14)7-4-15-6-16-5-7/h1-6,11H,14H2. The van der Waals surface area contributed by atoms with Gasteiger partial charge in [-0.3, -0.25) is 0 Å². The van der Waals surface area contributed by atoms with Gasteiger partial charge in [-0.1, -0.05) is 35.3 Å². The van der Waals surface area contributed by atoms with Crippen molar-refractivity contribution < 1.29 is 0 Å². The molecule has 0 saturated carbocycles. The maximum Gasteiger partial charge on any atom is 0.115 e. The van der Waals surface area contributed by atoms with Crippen LogP contribution in [0, 0.1) is 0 Å². The van der Waals surface area contributed by atoms with Gasteiger partial charge in [0.05, 0.1) is 16.1 Å². The molecule has 2 N–H and O–H groups in total. The van der Waals surface area contributed by atoms with Crippen LogP contribution in [-0.2, 0) is 0 Å². The molecule has 82 valence electrons. The lowest BCUT2D eigenvalue weighted by Gasteiger charge is -2.13. The van der Waals surface area contributed by atoms with Crippen LogP contribution < -0.4 is 5.73 Å². The maximum absolute atomic E-state index is 6.09. The van der Waals surface area contributed by atoms with Crippen LogP contribution in [0.3, 0.4) is 0 Å². The number of halogens is 2. The van der Waals surface area contributed by atoms with Crippen molar-refractivity contribution in [3.8, 4) is 0 Å². The van der Waals surface area contributed by atoms with Crippen LogP contribution >= 0.6 is 23.2 Å². The lowest BCUT2D eigenvalue weighted by Crippen LogP contribution is -2.13. The van der Waals surface area contributed by atoms with Gasteiger partial charge in [0.15, 0.2) is 0 Å². The average Bonchev–Trinajstić information content (AvgIpc) is 2.33. The first kappa shape index (κ1) is 11.3. The Hall–Kier alpha value is -1.16. The molecule has 0 aliphatic rings. The minimum Gasteiger partial charge on any atom is -0.320 e. The summed E-state index contributed by atoms with van der Waals surface area (Å²) in [6, 6.07) is 5.01. The van der Waals surface area contributed by atoms with E-state index < -0.39 is 0 Å². The minimum atomic E-state index is -0.368. The number of benzene rings is 1. The second-order valence-electron chi connectivity index (χ2n) is 3.29. The summed E-state index contributed by atoms with van der Waals surface area (Å²) in [5.74, 6) is 0. The maximum atomic E-state index is 6.09. The minimum absolute atomic E-state index is 0.368. The first-order valence-electron chi connectivity index (χ1n) is 4.64. The summed E-state index contributed by atoms with van der Waals surface area (Å²) in [5.41, 5.74) is 7.63. The highest BCUT2D eigenvalue weighted by atomic mass is 35.5. The molecule has 0 saturated heterocycles. The first-order valence-corrected chi connectivity index (χ1v) is 5.40. The molecular weight excluding hydrogens is 245 g/mol. The molecule has 2 aromatic rings. The fourth-order valence-corrected chi connectivity index (χ4v) is 1.84. The van der Waals surface area contributed by atoms with Gasteiger partial charge >= 0.3 is 0 Å². The molecule has 2 rings (SSSR count). The van der Waals surface area contributed by atoms with Gasteiger partial charge in [-0.05, 0) is 11.6 Å². The number of nitrogens with two attached hydrogens (primary N) is 1. The van der Waals surface area contributed by atoms with Crippen LogP contribution in [0.4, 0.5) is 0 Å². The van der Waals surface area contributed by atoms with Crippen LogP contribution in [0.1, 0.15) is 17.2 Å². The van der Waals surface area contributed by atoms with E-state index in [4.69, 9.17) is 28.9 Å². The Morgan fingerprint density at radius 2 is 1.81 bits per heavy atom. The van der Waals surface area contributed by atoms with Crippen molar-refractivity contribution >= 4 is 23.2 Å². The highest BCUT2D eigenvalue weighted by Crippen LogP contribution is 2.31. The molecule has 0 bridgehead atoms. The van der Waals surface area contributed by atoms with Crippen molar-refractivity contribution in [1.29, 1.82) is 0 Å². The van der Waals surface area contributed by atoms with Crippen molar-refractivity contribution in [3.63, 3.8) is 0 Å². The monoisotopic (exact) mass is 253 g/mol. The van der Waals surface area contributed by atoms with Gasteiger partial charge in [-0.25, -0.2) is 9.97 Å². The highest BCUT2D eigenvalue weighted by Gasteiger charge is 2.14. The van der Waals surface area contributed by atoms with Crippen LogP contribution in [0.15, 0.2) is 36.9 Å². The molecule has 1 unspecified atom stereocenters. The normalized spacial score (nSPS) is 12.4. The Balaban J connectivity index is 2.42. The van der Waals surface area contributed by atoms with Gasteiger partial charge in [0.1, 0.15) is 6.33 Å². The molecule has 0 aliphatic carbocycles.